The molecule has 0 saturated carbocycles. The Kier molecular flexibility index (Phi) is 25.8. The van der Waals surface area contributed by atoms with Crippen LogP contribution < -0.4 is 41.0 Å². The van der Waals surface area contributed by atoms with Crippen molar-refractivity contribution in [3.05, 3.63) is 268 Å². The number of aromatic hydroxyl groups is 3. The van der Waals surface area contributed by atoms with E-state index in [9.17, 15) is 48.9 Å². The van der Waals surface area contributed by atoms with Crippen LogP contribution in [-0.4, -0.2) is 171 Å². The number of piperazine rings is 3. The van der Waals surface area contributed by atoms with Crippen molar-refractivity contribution in [2.75, 3.05) is 72.5 Å². The van der Waals surface area contributed by atoms with Crippen LogP contribution in [0.25, 0.3) is 83.2 Å². The number of likely N-dealkylation sites (N-methyl/N-ethyl adjacent to an activating group) is 1. The molecule has 18 rings (SSSR count). The number of ether oxygens (including phenoxy) is 1. The fraction of sp³-hybridized carbons (Fsp3) is 0.314. The fourth-order valence-electron chi connectivity index (χ4n) is 20.2. The second-order valence-corrected chi connectivity index (χ2v) is 37.1. The van der Waals surface area contributed by atoms with Crippen LogP contribution in [0.5, 0.6) is 23.0 Å². The lowest BCUT2D eigenvalue weighted by Crippen LogP contribution is -2.66. The van der Waals surface area contributed by atoms with Crippen LogP contribution in [0.1, 0.15) is 132 Å². The molecule has 0 aliphatic carbocycles. The Morgan fingerprint density at radius 1 is 0.444 bits per heavy atom. The first-order valence-electron chi connectivity index (χ1n) is 44.3. The number of benzene rings is 6. The van der Waals surface area contributed by atoms with Gasteiger partial charge in [-0.05, 0) is 180 Å². The number of carbonyl (C=O) groups excluding carboxylic acids is 4. The SMILES string of the molecule is C=CC(=O)N1CC2C(=O)N(C)c3c(c4cc(F)c(-c5c(O)cccc5Cl)c(F)c4n(-c4c(C)ccnc4C(C)C)c3=O)N2CC1C.C=CC(=O)N1CC2CCOc3c(c4cc(F)c(-c5c(O)cccc5Cl)c(F)c4n(-c4c(C)ccnc4C(C)C)c3=O)N2CC1C.C=CC(=O)N1CC2CCc3c(c4cc(F)c(-c5c(O)cccc5Cl)c(F)c4n(-c4c(C)ccnc4C(C)C)c3=O)N2CC1C. The Bertz CT molecular complexity index is 7190. The lowest BCUT2D eigenvalue weighted by molar-refractivity contribution is -0.131. The number of phenols is 3. The summed E-state index contributed by atoms with van der Waals surface area (Å²) in [5.74, 6) is -9.10. The lowest BCUT2D eigenvalue weighted by Gasteiger charge is -2.50. The number of anilines is 4. The van der Waals surface area contributed by atoms with Crippen molar-refractivity contribution in [2.24, 2.45) is 0 Å². The van der Waals surface area contributed by atoms with Gasteiger partial charge in [0.05, 0.1) is 119 Å². The second kappa shape index (κ2) is 36.7. The Balaban J connectivity index is 0.000000147. The Morgan fingerprint density at radius 2 is 0.793 bits per heavy atom. The zero-order valence-corrected chi connectivity index (χ0v) is 78.6. The zero-order valence-electron chi connectivity index (χ0n) is 76.3. The van der Waals surface area contributed by atoms with Gasteiger partial charge in [0.1, 0.15) is 46.4 Å². The molecule has 33 heteroatoms. The third-order valence-corrected chi connectivity index (χ3v) is 27.5. The average Bonchev–Trinajstić information content (AvgIpc) is 1.16. The van der Waals surface area contributed by atoms with Crippen molar-refractivity contribution in [3.63, 3.8) is 0 Å². The molecule has 0 radical (unpaired) electrons. The molecule has 6 aliphatic heterocycles. The molecule has 12 heterocycles. The maximum absolute atomic E-state index is 17.3. The number of nitrogens with zero attached hydrogens (tertiary/aromatic N) is 13. The van der Waals surface area contributed by atoms with E-state index in [0.717, 1.165) is 10.6 Å². The van der Waals surface area contributed by atoms with E-state index in [0.29, 0.717) is 108 Å². The maximum Gasteiger partial charge on any atom is 0.300 e. The molecule has 3 N–H and O–H groups in total. The second-order valence-electron chi connectivity index (χ2n) is 35.9. The van der Waals surface area contributed by atoms with Gasteiger partial charge in [0.25, 0.3) is 22.6 Å². The molecule has 12 aromatic rings. The Hall–Kier alpha value is -13.5. The van der Waals surface area contributed by atoms with Gasteiger partial charge in [-0.25, -0.2) is 26.3 Å². The van der Waals surface area contributed by atoms with Gasteiger partial charge >= 0.3 is 0 Å². The highest BCUT2D eigenvalue weighted by molar-refractivity contribution is 6.35. The van der Waals surface area contributed by atoms with Crippen molar-refractivity contribution in [1.82, 2.24) is 43.4 Å². The van der Waals surface area contributed by atoms with Crippen molar-refractivity contribution in [2.45, 2.75) is 156 Å². The fourth-order valence-corrected chi connectivity index (χ4v) is 21.0. The highest BCUT2D eigenvalue weighted by Crippen LogP contribution is 2.52. The van der Waals surface area contributed by atoms with Gasteiger partial charge in [-0.15, -0.1) is 0 Å². The highest BCUT2D eigenvalue weighted by Gasteiger charge is 2.49. The molecule has 135 heavy (non-hydrogen) atoms. The minimum Gasteiger partial charge on any atom is -0.507 e. The summed E-state index contributed by atoms with van der Waals surface area (Å²) in [6, 6.07) is 18.9. The highest BCUT2D eigenvalue weighted by atomic mass is 35.5. The van der Waals surface area contributed by atoms with E-state index >= 15 is 26.3 Å². The first-order valence-corrected chi connectivity index (χ1v) is 45.5. The van der Waals surface area contributed by atoms with Crippen LogP contribution in [0, 0.1) is 55.7 Å². The van der Waals surface area contributed by atoms with Crippen LogP contribution in [0.15, 0.2) is 162 Å². The molecule has 6 aromatic carbocycles. The summed E-state index contributed by atoms with van der Waals surface area (Å²) < 4.78 is 110. The number of hydrogen-bond donors (Lipinski definition) is 3. The molecule has 4 amide bonds. The van der Waals surface area contributed by atoms with E-state index in [4.69, 9.17) is 39.5 Å². The Morgan fingerprint density at radius 3 is 1.18 bits per heavy atom. The number of pyridine rings is 6. The standard InChI is InChI=1S/C34H32ClF2N5O4.C34H33ClF2N4O4.C34H33ClF2N4O3/c1-7-24(44)40-15-22-33(45)39(6)32-31(41(22)14-18(40)5)19-13-21(36)26(25-20(35)9-8-10-23(25)43)27(37)30(19)42(34(32)46)29-17(4)11-12-38-28(29)16(2)3;1-6-25(43)39-16-20-11-13-45-33-32(40(20)15-19(39)5)21-14-23(36)27(26-22(35)8-7-9-24(26)42)28(37)31(21)41(34(33)44)30-18(4)10-12-38-29(30)17(2)3;1-6-26(43)39-16-20-10-11-21-32(40(20)15-19(39)5)22-14-24(36)28(27-23(35)8-7-9-25(27)42)29(37)33(22)41(34(21)44)31-18(4)12-13-38-30(31)17(2)3/h7-13,16,18,22,43H,1,14-15H2,2-6H3;6-10,12,14,17,19-20,42H,1,11,13,15-16H2,2-5H3;6-9,12-14,17,19-20,42H,1,10-11,15-16H2,2-5H3. The van der Waals surface area contributed by atoms with E-state index in [-0.39, 0.29) is 172 Å². The molecule has 6 atom stereocenters. The van der Waals surface area contributed by atoms with Crippen LogP contribution in [0.4, 0.5) is 49.1 Å². The topological polar surface area (TPSA) is 266 Å². The smallest absolute Gasteiger partial charge is 0.300 e. The summed E-state index contributed by atoms with van der Waals surface area (Å²) >= 11 is 19.2. The Labute approximate surface area is 788 Å². The van der Waals surface area contributed by atoms with E-state index in [1.165, 1.54) is 111 Å². The van der Waals surface area contributed by atoms with Crippen molar-refractivity contribution < 1.29 is 65.6 Å². The molecule has 6 unspecified atom stereocenters. The molecule has 6 aliphatic rings. The molecule has 3 fully saturated rings. The monoisotopic (exact) mass is 1900 g/mol. The number of fused-ring (bicyclic) bond motifs is 15. The summed E-state index contributed by atoms with van der Waals surface area (Å²) in [4.78, 5) is 121. The van der Waals surface area contributed by atoms with Gasteiger partial charge in [-0.1, -0.05) is 114 Å². The number of aryl methyl sites for hydroxylation is 3. The van der Waals surface area contributed by atoms with Gasteiger partial charge in [-0.3, -0.25) is 62.2 Å². The predicted octanol–water partition coefficient (Wildman–Crippen LogP) is 18.8. The molecule has 0 bridgehead atoms. The maximum atomic E-state index is 17.3. The molecule has 0 spiro atoms. The predicted molar refractivity (Wildman–Crippen MR) is 514 cm³/mol. The number of hydrogen-bond acceptors (Lipinski definition) is 17. The summed E-state index contributed by atoms with van der Waals surface area (Å²) in [6.45, 7) is 34.8. The van der Waals surface area contributed by atoms with Gasteiger partial charge in [-0.2, -0.15) is 0 Å². The van der Waals surface area contributed by atoms with Gasteiger partial charge in [0.2, 0.25) is 23.5 Å². The molecular weight excluding hydrogens is 1800 g/mol. The quantitative estimate of drug-likeness (QED) is 0.0758. The van der Waals surface area contributed by atoms with Gasteiger partial charge in [0, 0.05) is 127 Å². The van der Waals surface area contributed by atoms with Crippen molar-refractivity contribution >= 4 is 114 Å². The van der Waals surface area contributed by atoms with E-state index in [2.05, 4.69) is 34.7 Å². The number of carbonyl (C=O) groups is 4. The largest absolute Gasteiger partial charge is 0.507 e. The molecule has 24 nitrogen and oxygen atoms in total. The molecule has 6 aromatic heterocycles. The molecule has 3 saturated heterocycles. The molecular formula is C102H98Cl3F6N13O11. The summed E-state index contributed by atoms with van der Waals surface area (Å²) in [6.07, 6.45) is 10.0. The van der Waals surface area contributed by atoms with Crippen molar-refractivity contribution in [1.29, 1.82) is 0 Å². The normalized spacial score (nSPS) is 17.9. The molecule has 700 valence electrons. The van der Waals surface area contributed by atoms with Crippen molar-refractivity contribution in [3.8, 4) is 73.4 Å². The number of phenolic OH excluding ortho intramolecular Hbond substituents is 3. The van der Waals surface area contributed by atoms with Crippen LogP contribution in [-0.2, 0) is 25.6 Å². The minimum absolute atomic E-state index is 0.0189. The van der Waals surface area contributed by atoms with Gasteiger partial charge < -0.3 is 54.4 Å². The zero-order chi connectivity index (χ0) is 97.3. The number of amides is 4. The number of halogens is 9. The minimum atomic E-state index is -1.12. The summed E-state index contributed by atoms with van der Waals surface area (Å²) in [5, 5.41) is 32.3. The van der Waals surface area contributed by atoms with Crippen LogP contribution in [0.3, 0.4) is 0 Å². The van der Waals surface area contributed by atoms with E-state index in [1.54, 1.807) is 72.3 Å². The van der Waals surface area contributed by atoms with Gasteiger partial charge in [0.15, 0.2) is 17.5 Å². The summed E-state index contributed by atoms with van der Waals surface area (Å²) in [5.41, 5.74) is 1.24. The third kappa shape index (κ3) is 15.8. The lowest BCUT2D eigenvalue weighted by atomic mass is 9.89. The number of aromatic nitrogens is 6. The number of rotatable bonds is 12. The average molecular weight is 1900 g/mol. The first-order chi connectivity index (χ1) is 64.2. The summed E-state index contributed by atoms with van der Waals surface area (Å²) in [7, 11) is 1.44. The van der Waals surface area contributed by atoms with Crippen LogP contribution in [0.2, 0.25) is 15.1 Å². The third-order valence-electron chi connectivity index (χ3n) is 26.5. The van der Waals surface area contributed by atoms with E-state index in [1.807, 2.05) is 72.1 Å². The van der Waals surface area contributed by atoms with Crippen LogP contribution >= 0.6 is 34.8 Å². The van der Waals surface area contributed by atoms with E-state index < -0.39 is 97.8 Å². The first kappa shape index (κ1) is 94.7.